The van der Waals surface area contributed by atoms with Crippen molar-refractivity contribution in [3.05, 3.63) is 53.5 Å². The maximum Gasteiger partial charge on any atom is 0.373 e. The Morgan fingerprint density at radius 3 is 2.29 bits per heavy atom. The Bertz CT molecular complexity index is 624. The van der Waals surface area contributed by atoms with E-state index in [1.807, 2.05) is 24.3 Å². The highest BCUT2D eigenvalue weighted by atomic mass is 16.5. The molecule has 0 N–H and O–H groups in total. The van der Waals surface area contributed by atoms with Crippen molar-refractivity contribution in [1.82, 2.24) is 0 Å². The molecule has 0 saturated heterocycles. The average molecular weight is 288 g/mol. The van der Waals surface area contributed by atoms with Crippen molar-refractivity contribution in [1.29, 1.82) is 0 Å². The molecular formula is C16H16O5. The standard InChI is InChI=1S/C16H16O5/c1-19-12-6-3-11(4-7-12)5-8-13(17)14-9-10-15(21-14)16(18)20-2/h3-4,6-7,9-10H,5,8H2,1-2H3. The Morgan fingerprint density at radius 1 is 1.00 bits per heavy atom. The number of hydrogen-bond donors (Lipinski definition) is 0. The molecule has 2 rings (SSSR count). The first kappa shape index (κ1) is 14.8. The number of ether oxygens (including phenoxy) is 2. The highest BCUT2D eigenvalue weighted by Crippen LogP contribution is 2.15. The van der Waals surface area contributed by atoms with Gasteiger partial charge in [0.25, 0.3) is 0 Å². The van der Waals surface area contributed by atoms with E-state index in [1.54, 1.807) is 7.11 Å². The highest BCUT2D eigenvalue weighted by molar-refractivity contribution is 5.95. The molecule has 21 heavy (non-hydrogen) atoms. The van der Waals surface area contributed by atoms with Gasteiger partial charge in [0.1, 0.15) is 5.75 Å². The number of carbonyl (C=O) groups excluding carboxylic acids is 2. The zero-order chi connectivity index (χ0) is 15.2. The van der Waals surface area contributed by atoms with Crippen molar-refractivity contribution in [3.8, 4) is 5.75 Å². The SMILES string of the molecule is COC(=O)c1ccc(C(=O)CCc2ccc(OC)cc2)o1. The number of Topliss-reactive ketones (excluding diaryl/α,β-unsaturated/α-hetero) is 1. The van der Waals surface area contributed by atoms with Gasteiger partial charge in [0.05, 0.1) is 14.2 Å². The van der Waals surface area contributed by atoms with Gasteiger partial charge in [0, 0.05) is 6.42 Å². The fraction of sp³-hybridized carbons (Fsp3) is 0.250. The first-order chi connectivity index (χ1) is 10.1. The minimum Gasteiger partial charge on any atom is -0.497 e. The molecule has 0 aliphatic heterocycles. The number of ketones is 1. The minimum absolute atomic E-state index is 0.0327. The summed E-state index contributed by atoms with van der Waals surface area (Å²) in [5.41, 5.74) is 1.03. The molecular weight excluding hydrogens is 272 g/mol. The Hall–Kier alpha value is -2.56. The van der Waals surface area contributed by atoms with Crippen molar-refractivity contribution < 1.29 is 23.5 Å². The van der Waals surface area contributed by atoms with E-state index in [2.05, 4.69) is 4.74 Å². The monoisotopic (exact) mass is 288 g/mol. The maximum atomic E-state index is 12.0. The Labute approximate surface area is 122 Å². The second kappa shape index (κ2) is 6.74. The summed E-state index contributed by atoms with van der Waals surface area (Å²) in [6.07, 6.45) is 0.900. The van der Waals surface area contributed by atoms with E-state index in [-0.39, 0.29) is 17.3 Å². The normalized spacial score (nSPS) is 10.2. The molecule has 5 heteroatoms. The molecule has 1 aromatic carbocycles. The summed E-state index contributed by atoms with van der Waals surface area (Å²) in [5, 5.41) is 0. The molecule has 1 aromatic heterocycles. The van der Waals surface area contributed by atoms with Crippen LogP contribution in [-0.4, -0.2) is 26.0 Å². The number of carbonyl (C=O) groups is 2. The van der Waals surface area contributed by atoms with Crippen molar-refractivity contribution in [2.45, 2.75) is 12.8 Å². The molecule has 0 spiro atoms. The zero-order valence-corrected chi connectivity index (χ0v) is 11.9. The van der Waals surface area contributed by atoms with E-state index >= 15 is 0 Å². The van der Waals surface area contributed by atoms with Gasteiger partial charge in [-0.1, -0.05) is 12.1 Å². The molecule has 0 fully saturated rings. The van der Waals surface area contributed by atoms with Crippen LogP contribution in [0.5, 0.6) is 5.75 Å². The number of aryl methyl sites for hydroxylation is 1. The minimum atomic E-state index is -0.593. The van der Waals surface area contributed by atoms with Crippen LogP contribution in [0, 0.1) is 0 Å². The number of benzene rings is 1. The molecule has 2 aromatic rings. The number of esters is 1. The van der Waals surface area contributed by atoms with E-state index < -0.39 is 5.97 Å². The van der Waals surface area contributed by atoms with Crippen LogP contribution < -0.4 is 4.74 Å². The van der Waals surface area contributed by atoms with Crippen molar-refractivity contribution in [3.63, 3.8) is 0 Å². The van der Waals surface area contributed by atoms with Gasteiger partial charge in [-0.2, -0.15) is 0 Å². The van der Waals surface area contributed by atoms with E-state index in [1.165, 1.54) is 19.2 Å². The third kappa shape index (κ3) is 3.72. The predicted octanol–water partition coefficient (Wildman–Crippen LogP) is 2.89. The summed E-state index contributed by atoms with van der Waals surface area (Å²) < 4.78 is 14.8. The van der Waals surface area contributed by atoms with Gasteiger partial charge in [0.15, 0.2) is 11.5 Å². The van der Waals surface area contributed by atoms with Gasteiger partial charge in [-0.15, -0.1) is 0 Å². The van der Waals surface area contributed by atoms with Crippen LogP contribution in [0.15, 0.2) is 40.8 Å². The molecule has 0 amide bonds. The molecule has 0 radical (unpaired) electrons. The van der Waals surface area contributed by atoms with Crippen LogP contribution in [0.25, 0.3) is 0 Å². The summed E-state index contributed by atoms with van der Waals surface area (Å²) in [7, 11) is 2.87. The highest BCUT2D eigenvalue weighted by Gasteiger charge is 2.15. The van der Waals surface area contributed by atoms with Gasteiger partial charge in [-0.3, -0.25) is 4.79 Å². The van der Waals surface area contributed by atoms with Crippen LogP contribution in [0.2, 0.25) is 0 Å². The van der Waals surface area contributed by atoms with E-state index in [4.69, 9.17) is 9.15 Å². The largest absolute Gasteiger partial charge is 0.497 e. The maximum absolute atomic E-state index is 12.0. The van der Waals surface area contributed by atoms with Crippen molar-refractivity contribution in [2.24, 2.45) is 0 Å². The number of furan rings is 1. The lowest BCUT2D eigenvalue weighted by Gasteiger charge is -2.02. The quantitative estimate of drug-likeness (QED) is 0.604. The van der Waals surface area contributed by atoms with Gasteiger partial charge in [-0.05, 0) is 36.2 Å². The molecule has 0 atom stereocenters. The average Bonchev–Trinajstić information content (AvgIpc) is 3.02. The first-order valence-corrected chi connectivity index (χ1v) is 6.48. The van der Waals surface area contributed by atoms with E-state index in [9.17, 15) is 9.59 Å². The van der Waals surface area contributed by atoms with Crippen molar-refractivity contribution in [2.75, 3.05) is 14.2 Å². The molecule has 0 aliphatic carbocycles. The second-order valence-corrected chi connectivity index (χ2v) is 4.43. The lowest BCUT2D eigenvalue weighted by molar-refractivity contribution is 0.0563. The van der Waals surface area contributed by atoms with Crippen LogP contribution in [-0.2, 0) is 11.2 Å². The molecule has 0 unspecified atom stereocenters. The first-order valence-electron chi connectivity index (χ1n) is 6.48. The summed E-state index contributed by atoms with van der Waals surface area (Å²) in [5.74, 6) is 0.234. The lowest BCUT2D eigenvalue weighted by atomic mass is 10.1. The molecule has 0 aliphatic rings. The Morgan fingerprint density at radius 2 is 1.67 bits per heavy atom. The number of rotatable bonds is 6. The third-order valence-electron chi connectivity index (χ3n) is 3.07. The van der Waals surface area contributed by atoms with E-state index in [0.717, 1.165) is 11.3 Å². The van der Waals surface area contributed by atoms with Crippen LogP contribution >= 0.6 is 0 Å². The van der Waals surface area contributed by atoms with Gasteiger partial charge >= 0.3 is 5.97 Å². The molecule has 0 bridgehead atoms. The predicted molar refractivity (Wildman–Crippen MR) is 75.7 cm³/mol. The third-order valence-corrected chi connectivity index (χ3v) is 3.07. The number of hydrogen-bond acceptors (Lipinski definition) is 5. The Kier molecular flexibility index (Phi) is 4.77. The summed E-state index contributed by atoms with van der Waals surface area (Å²) in [6, 6.07) is 10.4. The fourth-order valence-electron chi connectivity index (χ4n) is 1.87. The molecule has 5 nitrogen and oxygen atoms in total. The smallest absolute Gasteiger partial charge is 0.373 e. The summed E-state index contributed by atoms with van der Waals surface area (Å²) >= 11 is 0. The van der Waals surface area contributed by atoms with Crippen molar-refractivity contribution >= 4 is 11.8 Å². The Balaban J connectivity index is 1.94. The van der Waals surface area contributed by atoms with Gasteiger partial charge < -0.3 is 13.9 Å². The van der Waals surface area contributed by atoms with Crippen LogP contribution in [0.4, 0.5) is 0 Å². The fourth-order valence-corrected chi connectivity index (χ4v) is 1.87. The van der Waals surface area contributed by atoms with Crippen LogP contribution in [0.3, 0.4) is 0 Å². The molecule has 0 saturated carbocycles. The molecule has 1 heterocycles. The topological polar surface area (TPSA) is 65.7 Å². The van der Waals surface area contributed by atoms with Gasteiger partial charge in [0.2, 0.25) is 5.76 Å². The lowest BCUT2D eigenvalue weighted by Crippen LogP contribution is -2.01. The zero-order valence-electron chi connectivity index (χ0n) is 11.9. The second-order valence-electron chi connectivity index (χ2n) is 4.43. The van der Waals surface area contributed by atoms with E-state index in [0.29, 0.717) is 12.8 Å². The van der Waals surface area contributed by atoms with Crippen LogP contribution in [0.1, 0.15) is 33.1 Å². The number of methoxy groups -OCH3 is 2. The summed E-state index contributed by atoms with van der Waals surface area (Å²) in [4.78, 5) is 23.2. The molecule has 110 valence electrons. The van der Waals surface area contributed by atoms with Gasteiger partial charge in [-0.25, -0.2) is 4.79 Å². The summed E-state index contributed by atoms with van der Waals surface area (Å²) in [6.45, 7) is 0.